The Morgan fingerprint density at radius 1 is 1.06 bits per heavy atom. The first kappa shape index (κ1) is 22.8. The lowest BCUT2D eigenvalue weighted by atomic mass is 9.98. The number of methoxy groups -OCH3 is 1. The van der Waals surface area contributed by atoms with Crippen molar-refractivity contribution >= 4 is 18.0 Å². The first-order chi connectivity index (χ1) is 15.8. The van der Waals surface area contributed by atoms with Gasteiger partial charge in [-0.15, -0.1) is 0 Å². The molecule has 2 aromatic rings. The minimum atomic E-state index is -1.41. The average molecular weight is 453 g/mol. The molecule has 1 unspecified atom stereocenters. The smallest absolute Gasteiger partial charge is 0.408 e. The Morgan fingerprint density at radius 2 is 1.64 bits per heavy atom. The maximum Gasteiger partial charge on any atom is 0.408 e. The molecule has 2 aliphatic carbocycles. The van der Waals surface area contributed by atoms with Crippen molar-refractivity contribution in [3.05, 3.63) is 59.7 Å². The van der Waals surface area contributed by atoms with Crippen molar-refractivity contribution in [3.8, 4) is 11.1 Å². The second-order valence-electron chi connectivity index (χ2n) is 8.98. The maximum absolute atomic E-state index is 12.8. The van der Waals surface area contributed by atoms with Gasteiger partial charge >= 0.3 is 12.1 Å². The molecule has 8 heteroatoms. The second kappa shape index (κ2) is 8.86. The zero-order valence-corrected chi connectivity index (χ0v) is 18.7. The Labute approximate surface area is 192 Å². The number of hydrogen-bond acceptors (Lipinski definition) is 5. The molecule has 0 saturated heterocycles. The van der Waals surface area contributed by atoms with Crippen molar-refractivity contribution in [2.45, 2.75) is 31.2 Å². The summed E-state index contributed by atoms with van der Waals surface area (Å²) in [6.45, 7) is 1.55. The SMILES string of the molecule is COCC(C)(NC(=O)OCC1c2ccccc2-c2ccccc21)C(=O)NCC1(C(=O)O)CC1. The van der Waals surface area contributed by atoms with Gasteiger partial charge in [0.1, 0.15) is 12.1 Å². The monoisotopic (exact) mass is 452 g/mol. The minimum Gasteiger partial charge on any atom is -0.481 e. The molecular formula is C25H28N2O6. The molecule has 8 nitrogen and oxygen atoms in total. The van der Waals surface area contributed by atoms with Gasteiger partial charge in [-0.3, -0.25) is 9.59 Å². The largest absolute Gasteiger partial charge is 0.481 e. The molecule has 1 fully saturated rings. The van der Waals surface area contributed by atoms with Crippen LogP contribution in [-0.2, 0) is 19.1 Å². The third-order valence-electron chi connectivity index (χ3n) is 6.55. The van der Waals surface area contributed by atoms with Crippen LogP contribution < -0.4 is 10.6 Å². The van der Waals surface area contributed by atoms with E-state index >= 15 is 0 Å². The fourth-order valence-corrected chi connectivity index (χ4v) is 4.37. The third kappa shape index (κ3) is 4.43. The molecule has 0 heterocycles. The highest BCUT2D eigenvalue weighted by atomic mass is 16.5. The van der Waals surface area contributed by atoms with Crippen LogP contribution in [-0.4, -0.2) is 55.5 Å². The second-order valence-corrected chi connectivity index (χ2v) is 8.98. The summed E-state index contributed by atoms with van der Waals surface area (Å²) in [4.78, 5) is 36.9. The van der Waals surface area contributed by atoms with E-state index in [9.17, 15) is 19.5 Å². The number of benzene rings is 2. The van der Waals surface area contributed by atoms with Gasteiger partial charge in [0.25, 0.3) is 0 Å². The van der Waals surface area contributed by atoms with Gasteiger partial charge in [-0.2, -0.15) is 0 Å². The van der Waals surface area contributed by atoms with Crippen LogP contribution in [0.1, 0.15) is 36.8 Å². The highest BCUT2D eigenvalue weighted by Gasteiger charge is 2.51. The van der Waals surface area contributed by atoms with E-state index in [1.54, 1.807) is 0 Å². The Bertz CT molecular complexity index is 1030. The molecule has 1 saturated carbocycles. The number of rotatable bonds is 9. The summed E-state index contributed by atoms with van der Waals surface area (Å²) in [6, 6.07) is 16.0. The fourth-order valence-electron chi connectivity index (χ4n) is 4.37. The van der Waals surface area contributed by atoms with Crippen LogP contribution in [0.15, 0.2) is 48.5 Å². The summed E-state index contributed by atoms with van der Waals surface area (Å²) < 4.78 is 10.7. The Balaban J connectivity index is 1.40. The van der Waals surface area contributed by atoms with Crippen LogP contribution in [0.2, 0.25) is 0 Å². The van der Waals surface area contributed by atoms with Gasteiger partial charge in [-0.05, 0) is 42.0 Å². The summed E-state index contributed by atoms with van der Waals surface area (Å²) in [5.41, 5.74) is 2.11. The van der Waals surface area contributed by atoms with Crippen LogP contribution in [0.4, 0.5) is 4.79 Å². The number of carbonyl (C=O) groups is 3. The van der Waals surface area contributed by atoms with Gasteiger partial charge in [0.2, 0.25) is 5.91 Å². The molecule has 0 bridgehead atoms. The van der Waals surface area contributed by atoms with E-state index in [2.05, 4.69) is 22.8 Å². The number of carboxylic acids is 1. The maximum atomic E-state index is 12.8. The molecule has 2 aromatic carbocycles. The van der Waals surface area contributed by atoms with E-state index in [-0.39, 0.29) is 25.7 Å². The molecule has 33 heavy (non-hydrogen) atoms. The molecule has 1 atom stereocenters. The van der Waals surface area contributed by atoms with Gasteiger partial charge in [-0.1, -0.05) is 48.5 Å². The molecule has 0 aliphatic heterocycles. The first-order valence-corrected chi connectivity index (χ1v) is 10.9. The molecule has 0 spiro atoms. The van der Waals surface area contributed by atoms with Gasteiger partial charge < -0.3 is 25.2 Å². The lowest BCUT2D eigenvalue weighted by Gasteiger charge is -2.29. The Hall–Kier alpha value is -3.39. The lowest BCUT2D eigenvalue weighted by Crippen LogP contribution is -2.60. The number of amides is 2. The van der Waals surface area contributed by atoms with Gasteiger partial charge in [0.15, 0.2) is 0 Å². The van der Waals surface area contributed by atoms with Crippen LogP contribution in [0.5, 0.6) is 0 Å². The number of fused-ring (bicyclic) bond motifs is 3. The number of aliphatic carboxylic acids is 1. The summed E-state index contributed by atoms with van der Waals surface area (Å²) in [5.74, 6) is -1.55. The molecule has 0 radical (unpaired) electrons. The van der Waals surface area contributed by atoms with Crippen molar-refractivity contribution in [1.29, 1.82) is 0 Å². The molecular weight excluding hydrogens is 424 g/mol. The van der Waals surface area contributed by atoms with Crippen LogP contribution >= 0.6 is 0 Å². The molecule has 3 N–H and O–H groups in total. The van der Waals surface area contributed by atoms with Crippen LogP contribution in [0, 0.1) is 5.41 Å². The Kier molecular flexibility index (Phi) is 6.12. The van der Waals surface area contributed by atoms with Gasteiger partial charge in [-0.25, -0.2) is 4.79 Å². The van der Waals surface area contributed by atoms with Crippen molar-refractivity contribution in [3.63, 3.8) is 0 Å². The number of alkyl carbamates (subject to hydrolysis) is 1. The highest BCUT2D eigenvalue weighted by molar-refractivity contribution is 5.90. The fraction of sp³-hybridized carbons (Fsp3) is 0.400. The standard InChI is InChI=1S/C25H28N2O6/c1-24(15-32-2,21(28)26-14-25(11-12-25)22(29)30)27-23(31)33-13-20-18-9-5-3-7-16(18)17-8-4-6-10-19(17)20/h3-10,20H,11-15H2,1-2H3,(H,26,28)(H,27,31)(H,29,30). The van der Waals surface area contributed by atoms with E-state index < -0.39 is 28.9 Å². The molecule has 174 valence electrons. The number of nitrogens with one attached hydrogen (secondary N) is 2. The highest BCUT2D eigenvalue weighted by Crippen LogP contribution is 2.45. The van der Waals surface area contributed by atoms with E-state index in [0.717, 1.165) is 22.3 Å². The van der Waals surface area contributed by atoms with Gasteiger partial charge in [0.05, 0.1) is 12.0 Å². The summed E-state index contributed by atoms with van der Waals surface area (Å²) >= 11 is 0. The third-order valence-corrected chi connectivity index (χ3v) is 6.55. The topological polar surface area (TPSA) is 114 Å². The van der Waals surface area contributed by atoms with E-state index in [1.807, 2.05) is 36.4 Å². The quantitative estimate of drug-likeness (QED) is 0.539. The van der Waals surface area contributed by atoms with Crippen molar-refractivity contribution in [2.24, 2.45) is 5.41 Å². The average Bonchev–Trinajstić information content (AvgIpc) is 3.53. The van der Waals surface area contributed by atoms with Crippen molar-refractivity contribution < 1.29 is 29.0 Å². The zero-order valence-electron chi connectivity index (χ0n) is 18.7. The van der Waals surface area contributed by atoms with E-state index in [4.69, 9.17) is 9.47 Å². The first-order valence-electron chi connectivity index (χ1n) is 10.9. The molecule has 2 aliphatic rings. The number of hydrogen-bond donors (Lipinski definition) is 3. The van der Waals surface area contributed by atoms with Gasteiger partial charge in [0, 0.05) is 19.6 Å². The van der Waals surface area contributed by atoms with Crippen LogP contribution in [0.3, 0.4) is 0 Å². The van der Waals surface area contributed by atoms with Crippen molar-refractivity contribution in [2.75, 3.05) is 26.9 Å². The normalized spacial score (nSPS) is 17.3. The predicted octanol–water partition coefficient (Wildman–Crippen LogP) is 2.91. The predicted molar refractivity (Wildman–Crippen MR) is 121 cm³/mol. The minimum absolute atomic E-state index is 0.00679. The summed E-state index contributed by atoms with van der Waals surface area (Å²) in [6.07, 6.45) is 0.290. The molecule has 4 rings (SSSR count). The summed E-state index contributed by atoms with van der Waals surface area (Å²) in [7, 11) is 1.42. The number of ether oxygens (including phenoxy) is 2. The van der Waals surface area contributed by atoms with Crippen molar-refractivity contribution in [1.82, 2.24) is 10.6 Å². The number of carbonyl (C=O) groups excluding carboxylic acids is 2. The zero-order chi connectivity index (χ0) is 23.6. The van der Waals surface area contributed by atoms with E-state index in [1.165, 1.54) is 14.0 Å². The summed E-state index contributed by atoms with van der Waals surface area (Å²) in [5, 5.41) is 14.6. The lowest BCUT2D eigenvalue weighted by molar-refractivity contribution is -0.143. The molecule has 2 amide bonds. The van der Waals surface area contributed by atoms with E-state index in [0.29, 0.717) is 12.8 Å². The Morgan fingerprint density at radius 3 is 2.15 bits per heavy atom. The number of carboxylic acid groups (broad SMARTS) is 1. The van der Waals surface area contributed by atoms with Crippen LogP contribution in [0.25, 0.3) is 11.1 Å². The molecule has 0 aromatic heterocycles.